The van der Waals surface area contributed by atoms with Gasteiger partial charge in [-0.1, -0.05) is 11.8 Å². The largest absolute Gasteiger partial charge is 0.393 e. The summed E-state index contributed by atoms with van der Waals surface area (Å²) in [6.07, 6.45) is 1.12. The molecule has 0 aliphatic heterocycles. The third-order valence-electron chi connectivity index (χ3n) is 3.60. The number of carbonyl (C=O) groups is 1. The number of aliphatic hydroxyl groups excluding tert-OH is 2. The number of aliphatic hydroxyl groups is 2. The minimum absolute atomic E-state index is 0.193. The number of amides is 1. The van der Waals surface area contributed by atoms with E-state index in [0.717, 1.165) is 6.07 Å². The molecule has 0 spiro atoms. The zero-order valence-corrected chi connectivity index (χ0v) is 11.8. The maximum atomic E-state index is 13.4. The van der Waals surface area contributed by atoms with Gasteiger partial charge in [0.2, 0.25) is 0 Å². The summed E-state index contributed by atoms with van der Waals surface area (Å²) in [5.41, 5.74) is 0.592. The van der Waals surface area contributed by atoms with Crippen LogP contribution < -0.4 is 0 Å². The molecule has 1 aliphatic carbocycles. The Morgan fingerprint density at radius 3 is 2.81 bits per heavy atom. The van der Waals surface area contributed by atoms with Gasteiger partial charge < -0.3 is 15.1 Å². The lowest BCUT2D eigenvalue weighted by Crippen LogP contribution is -2.39. The lowest BCUT2D eigenvalue weighted by Gasteiger charge is -2.34. The minimum Gasteiger partial charge on any atom is -0.393 e. The van der Waals surface area contributed by atoms with E-state index in [-0.39, 0.29) is 30.1 Å². The Bertz CT molecular complexity index is 585. The van der Waals surface area contributed by atoms with Crippen LogP contribution in [0.25, 0.3) is 0 Å². The van der Waals surface area contributed by atoms with E-state index in [1.807, 2.05) is 0 Å². The van der Waals surface area contributed by atoms with Gasteiger partial charge in [0.25, 0.3) is 5.91 Å². The van der Waals surface area contributed by atoms with Crippen molar-refractivity contribution in [2.24, 2.45) is 5.92 Å². The van der Waals surface area contributed by atoms with Crippen molar-refractivity contribution in [1.82, 2.24) is 4.90 Å². The second kappa shape index (κ2) is 6.70. The highest BCUT2D eigenvalue weighted by Crippen LogP contribution is 2.28. The van der Waals surface area contributed by atoms with E-state index >= 15 is 0 Å². The summed E-state index contributed by atoms with van der Waals surface area (Å²) in [5.74, 6) is 4.61. The van der Waals surface area contributed by atoms with Crippen molar-refractivity contribution in [1.29, 1.82) is 0 Å². The lowest BCUT2D eigenvalue weighted by molar-refractivity contribution is 0.0265. The SMILES string of the molecule is CN(CC1CC(O)C1)C(=O)c1cc(F)ccc1C#CCO. The van der Waals surface area contributed by atoms with Crippen LogP contribution in [0.15, 0.2) is 18.2 Å². The Balaban J connectivity index is 2.15. The Hall–Kier alpha value is -1.90. The topological polar surface area (TPSA) is 60.8 Å². The molecule has 1 aromatic carbocycles. The monoisotopic (exact) mass is 291 g/mol. The molecule has 0 bridgehead atoms. The normalized spacial score (nSPS) is 20.2. The molecule has 1 saturated carbocycles. The van der Waals surface area contributed by atoms with E-state index in [1.165, 1.54) is 17.0 Å². The van der Waals surface area contributed by atoms with E-state index in [0.29, 0.717) is 24.9 Å². The fourth-order valence-electron chi connectivity index (χ4n) is 2.46. The zero-order valence-electron chi connectivity index (χ0n) is 11.8. The first kappa shape index (κ1) is 15.5. The van der Waals surface area contributed by atoms with Crippen molar-refractivity contribution >= 4 is 5.91 Å². The van der Waals surface area contributed by atoms with Crippen LogP contribution in [0.5, 0.6) is 0 Å². The van der Waals surface area contributed by atoms with Crippen LogP contribution in [0.4, 0.5) is 4.39 Å². The number of rotatable bonds is 3. The minimum atomic E-state index is -0.500. The Morgan fingerprint density at radius 1 is 1.48 bits per heavy atom. The smallest absolute Gasteiger partial charge is 0.254 e. The van der Waals surface area contributed by atoms with Gasteiger partial charge in [-0.05, 0) is 37.0 Å². The third-order valence-corrected chi connectivity index (χ3v) is 3.60. The first-order valence-corrected chi connectivity index (χ1v) is 6.84. The van der Waals surface area contributed by atoms with Gasteiger partial charge in [0.05, 0.1) is 11.7 Å². The highest BCUT2D eigenvalue weighted by atomic mass is 19.1. The predicted octanol–water partition coefficient (Wildman–Crippen LogP) is 1.01. The molecule has 1 aliphatic rings. The van der Waals surface area contributed by atoms with Crippen LogP contribution in [0.2, 0.25) is 0 Å². The summed E-state index contributed by atoms with van der Waals surface area (Å²) in [5, 5.41) is 18.0. The first-order chi connectivity index (χ1) is 10.0. The van der Waals surface area contributed by atoms with Gasteiger partial charge in [0, 0.05) is 19.2 Å². The average molecular weight is 291 g/mol. The molecule has 1 fully saturated rings. The van der Waals surface area contributed by atoms with Crippen LogP contribution in [0, 0.1) is 23.6 Å². The molecule has 4 nitrogen and oxygen atoms in total. The summed E-state index contributed by atoms with van der Waals surface area (Å²) in [6, 6.07) is 3.84. The van der Waals surface area contributed by atoms with Gasteiger partial charge >= 0.3 is 0 Å². The molecule has 0 radical (unpaired) electrons. The molecule has 0 heterocycles. The van der Waals surface area contributed by atoms with Crippen LogP contribution in [-0.2, 0) is 0 Å². The fourth-order valence-corrected chi connectivity index (χ4v) is 2.46. The molecule has 0 atom stereocenters. The van der Waals surface area contributed by atoms with Crippen molar-refractivity contribution in [2.45, 2.75) is 18.9 Å². The highest BCUT2D eigenvalue weighted by molar-refractivity contribution is 5.96. The van der Waals surface area contributed by atoms with Gasteiger partial charge in [0.15, 0.2) is 0 Å². The number of hydrogen-bond donors (Lipinski definition) is 2. The van der Waals surface area contributed by atoms with Crippen molar-refractivity contribution < 1.29 is 19.4 Å². The van der Waals surface area contributed by atoms with Gasteiger partial charge in [0.1, 0.15) is 12.4 Å². The molecule has 0 unspecified atom stereocenters. The van der Waals surface area contributed by atoms with Gasteiger partial charge in [-0.25, -0.2) is 4.39 Å². The molecule has 21 heavy (non-hydrogen) atoms. The summed E-state index contributed by atoms with van der Waals surface area (Å²) in [4.78, 5) is 13.9. The molecule has 1 aromatic rings. The zero-order chi connectivity index (χ0) is 15.4. The second-order valence-corrected chi connectivity index (χ2v) is 5.33. The maximum absolute atomic E-state index is 13.4. The number of hydrogen-bond acceptors (Lipinski definition) is 3. The van der Waals surface area contributed by atoms with Crippen molar-refractivity contribution in [3.8, 4) is 11.8 Å². The lowest BCUT2D eigenvalue weighted by atomic mass is 9.82. The first-order valence-electron chi connectivity index (χ1n) is 6.84. The molecular weight excluding hydrogens is 273 g/mol. The van der Waals surface area contributed by atoms with Crippen LogP contribution in [-0.4, -0.2) is 47.3 Å². The predicted molar refractivity (Wildman–Crippen MR) is 76.1 cm³/mol. The van der Waals surface area contributed by atoms with E-state index in [2.05, 4.69) is 11.8 Å². The summed E-state index contributed by atoms with van der Waals surface area (Å²) in [7, 11) is 1.65. The Morgan fingerprint density at radius 2 is 2.19 bits per heavy atom. The maximum Gasteiger partial charge on any atom is 0.254 e. The standard InChI is InChI=1S/C16H18FNO3/c1-18(10-11-7-14(20)8-11)16(21)15-9-13(17)5-4-12(15)3-2-6-19/h4-5,9,11,14,19-20H,6-8,10H2,1H3. The van der Waals surface area contributed by atoms with Gasteiger partial charge in [-0.15, -0.1) is 0 Å². The third kappa shape index (κ3) is 3.81. The second-order valence-electron chi connectivity index (χ2n) is 5.33. The molecule has 1 amide bonds. The molecule has 0 aromatic heterocycles. The Kier molecular flexibility index (Phi) is 4.94. The summed E-state index contributed by atoms with van der Waals surface area (Å²) < 4.78 is 13.4. The van der Waals surface area contributed by atoms with E-state index in [9.17, 15) is 14.3 Å². The van der Waals surface area contributed by atoms with Gasteiger partial charge in [-0.2, -0.15) is 0 Å². The molecular formula is C16H18FNO3. The van der Waals surface area contributed by atoms with Crippen molar-refractivity contribution in [2.75, 3.05) is 20.2 Å². The fraction of sp³-hybridized carbons (Fsp3) is 0.438. The summed E-state index contributed by atoms with van der Waals surface area (Å²) in [6.45, 7) is 0.208. The number of nitrogens with zero attached hydrogens (tertiary/aromatic N) is 1. The van der Waals surface area contributed by atoms with Crippen LogP contribution >= 0.6 is 0 Å². The van der Waals surface area contributed by atoms with Crippen LogP contribution in [0.1, 0.15) is 28.8 Å². The quantitative estimate of drug-likeness (QED) is 0.817. The summed E-state index contributed by atoms with van der Waals surface area (Å²) >= 11 is 0. The highest BCUT2D eigenvalue weighted by Gasteiger charge is 2.29. The van der Waals surface area contributed by atoms with Gasteiger partial charge in [-0.3, -0.25) is 4.79 Å². The number of benzene rings is 1. The van der Waals surface area contributed by atoms with E-state index in [4.69, 9.17) is 5.11 Å². The number of halogens is 1. The molecule has 2 rings (SSSR count). The molecule has 0 saturated heterocycles. The molecule has 5 heteroatoms. The Labute approximate surface area is 123 Å². The molecule has 2 N–H and O–H groups in total. The van der Waals surface area contributed by atoms with E-state index in [1.54, 1.807) is 7.05 Å². The number of carbonyl (C=O) groups excluding carboxylic acids is 1. The van der Waals surface area contributed by atoms with Crippen LogP contribution in [0.3, 0.4) is 0 Å². The van der Waals surface area contributed by atoms with Crippen molar-refractivity contribution in [3.05, 3.63) is 35.1 Å². The van der Waals surface area contributed by atoms with Crippen molar-refractivity contribution in [3.63, 3.8) is 0 Å². The average Bonchev–Trinajstić information content (AvgIpc) is 2.43. The van der Waals surface area contributed by atoms with E-state index < -0.39 is 5.82 Å². The molecule has 112 valence electrons.